The summed E-state index contributed by atoms with van der Waals surface area (Å²) in [5.41, 5.74) is 0. The molecule has 0 amide bonds. The molecular weight excluding hydrogens is 194 g/mol. The molecule has 0 radical (unpaired) electrons. The molecule has 5 nitrogen and oxygen atoms in total. The molecule has 0 rings (SSSR count). The van der Waals surface area contributed by atoms with Gasteiger partial charge in [-0.1, -0.05) is 6.08 Å². The van der Waals surface area contributed by atoms with Crippen LogP contribution in [-0.2, 0) is 14.6 Å². The van der Waals surface area contributed by atoms with E-state index >= 15 is 0 Å². The summed E-state index contributed by atoms with van der Waals surface area (Å²) in [6.45, 7) is 5.97. The summed E-state index contributed by atoms with van der Waals surface area (Å²) in [7, 11) is -0.143. The second-order valence-corrected chi connectivity index (χ2v) is 3.48. The molecule has 0 aromatic carbocycles. The fourth-order valence-electron chi connectivity index (χ4n) is 0.407. The van der Waals surface area contributed by atoms with E-state index in [9.17, 15) is 8.42 Å². The molecule has 0 bridgehead atoms. The van der Waals surface area contributed by atoms with E-state index < -0.39 is 10.4 Å². The lowest BCUT2D eigenvalue weighted by molar-refractivity contribution is 0.283. The highest BCUT2D eigenvalue weighted by Gasteiger charge is 1.98. The van der Waals surface area contributed by atoms with Gasteiger partial charge >= 0.3 is 10.4 Å². The third kappa shape index (κ3) is 24.5. The summed E-state index contributed by atoms with van der Waals surface area (Å²) in [5, 5.41) is 0. The molecule has 80 valence electrons. The number of likely N-dealkylation sites (N-methyl/N-ethyl adjacent to an activating group) is 1. The lowest BCUT2D eigenvalue weighted by Gasteiger charge is -2.01. The van der Waals surface area contributed by atoms with Crippen LogP contribution in [0.2, 0.25) is 0 Å². The van der Waals surface area contributed by atoms with Crippen molar-refractivity contribution < 1.29 is 17.2 Å². The molecule has 6 heteroatoms. The first-order valence-corrected chi connectivity index (χ1v) is 5.07. The van der Waals surface area contributed by atoms with Crippen molar-refractivity contribution in [3.05, 3.63) is 12.7 Å². The molecule has 0 unspecified atom stereocenters. The van der Waals surface area contributed by atoms with Crippen LogP contribution in [0, 0.1) is 0 Å². The number of hydrogen-bond acceptors (Lipinski definition) is 4. The molecule has 13 heavy (non-hydrogen) atoms. The van der Waals surface area contributed by atoms with E-state index in [4.69, 9.17) is 4.55 Å². The monoisotopic (exact) mass is 211 g/mol. The first-order valence-electron chi connectivity index (χ1n) is 3.71. The number of nitrogens with zero attached hydrogens (tertiary/aromatic N) is 1. The average molecular weight is 211 g/mol. The maximum atomic E-state index is 9.56. The van der Waals surface area contributed by atoms with Gasteiger partial charge in [-0.25, -0.2) is 4.18 Å². The van der Waals surface area contributed by atoms with Crippen LogP contribution in [-0.4, -0.2) is 45.1 Å². The minimum atomic E-state index is -4.17. The van der Waals surface area contributed by atoms with Gasteiger partial charge in [0.2, 0.25) is 0 Å². The first-order chi connectivity index (χ1) is 5.83. The molecule has 0 aliphatic rings. The smallest absolute Gasteiger partial charge is 0.306 e. The van der Waals surface area contributed by atoms with Gasteiger partial charge in [0.1, 0.15) is 0 Å². The van der Waals surface area contributed by atoms with Crippen LogP contribution >= 0.6 is 0 Å². The van der Waals surface area contributed by atoms with Gasteiger partial charge < -0.3 is 4.90 Å². The van der Waals surface area contributed by atoms with Gasteiger partial charge in [0, 0.05) is 6.54 Å². The second-order valence-electron chi connectivity index (χ2n) is 2.39. The minimum absolute atomic E-state index is 0.0289. The van der Waals surface area contributed by atoms with Gasteiger partial charge in [-0.2, -0.15) is 8.42 Å². The van der Waals surface area contributed by atoms with Crippen molar-refractivity contribution in [2.45, 2.75) is 6.92 Å². The Kier molecular flexibility index (Phi) is 9.48. The van der Waals surface area contributed by atoms with Crippen molar-refractivity contribution in [1.29, 1.82) is 0 Å². The lowest BCUT2D eigenvalue weighted by Crippen LogP contribution is -2.09. The van der Waals surface area contributed by atoms with Crippen molar-refractivity contribution in [2.24, 2.45) is 0 Å². The fourth-order valence-corrected chi connectivity index (χ4v) is 0.705. The summed E-state index contributed by atoms with van der Waals surface area (Å²) in [6, 6.07) is 0. The number of hydrogen-bond donors (Lipinski definition) is 1. The van der Waals surface area contributed by atoms with E-state index in [0.29, 0.717) is 0 Å². The second kappa shape index (κ2) is 8.18. The van der Waals surface area contributed by atoms with Gasteiger partial charge in [0.05, 0.1) is 6.61 Å². The Bertz CT molecular complexity index is 211. The van der Waals surface area contributed by atoms with E-state index in [1.165, 1.54) is 6.92 Å². The molecule has 0 heterocycles. The molecule has 0 aromatic rings. The van der Waals surface area contributed by atoms with Crippen molar-refractivity contribution in [3.63, 3.8) is 0 Å². The summed E-state index contributed by atoms with van der Waals surface area (Å²) >= 11 is 0. The van der Waals surface area contributed by atoms with Crippen LogP contribution in [0.15, 0.2) is 12.7 Å². The normalized spacial score (nSPS) is 10.5. The Morgan fingerprint density at radius 1 is 1.54 bits per heavy atom. The summed E-state index contributed by atoms with van der Waals surface area (Å²) < 4.78 is 30.7. The lowest BCUT2D eigenvalue weighted by atomic mass is 10.6. The van der Waals surface area contributed by atoms with Gasteiger partial charge in [0.15, 0.2) is 0 Å². The van der Waals surface area contributed by atoms with E-state index in [1.54, 1.807) is 0 Å². The highest BCUT2D eigenvalue weighted by atomic mass is 32.3. The largest absolute Gasteiger partial charge is 0.397 e. The van der Waals surface area contributed by atoms with Crippen molar-refractivity contribution in [1.82, 2.24) is 4.90 Å². The zero-order chi connectivity index (χ0) is 10.9. The highest BCUT2D eigenvalue weighted by molar-refractivity contribution is 7.80. The third-order valence-corrected chi connectivity index (χ3v) is 1.29. The Morgan fingerprint density at radius 2 is 2.00 bits per heavy atom. The zero-order valence-corrected chi connectivity index (χ0v) is 9.04. The summed E-state index contributed by atoms with van der Waals surface area (Å²) in [4.78, 5) is 2.06. The van der Waals surface area contributed by atoms with Crippen LogP contribution < -0.4 is 0 Å². The fraction of sp³-hybridized carbons (Fsp3) is 0.714. The van der Waals surface area contributed by atoms with E-state index in [2.05, 4.69) is 15.7 Å². The molecule has 0 atom stereocenters. The Morgan fingerprint density at radius 3 is 2.00 bits per heavy atom. The first kappa shape index (κ1) is 15.1. The van der Waals surface area contributed by atoms with Gasteiger partial charge in [-0.05, 0) is 21.0 Å². The molecule has 0 fully saturated rings. The minimum Gasteiger partial charge on any atom is -0.306 e. The predicted octanol–water partition coefficient (Wildman–Crippen LogP) is 0.560. The van der Waals surface area contributed by atoms with Crippen LogP contribution in [0.5, 0.6) is 0 Å². The summed E-state index contributed by atoms with van der Waals surface area (Å²) in [6.07, 6.45) is 1.88. The van der Waals surface area contributed by atoms with Crippen molar-refractivity contribution in [2.75, 3.05) is 27.2 Å². The standard InChI is InChI=1S/C5H11N.C2H6O4S/c1-4-5-6(2)3;1-2-6-7(3,4)5/h4H,1,5H2,2-3H3;2H2,1H3,(H,3,4,5). The van der Waals surface area contributed by atoms with Gasteiger partial charge in [-0.15, -0.1) is 6.58 Å². The predicted molar refractivity (Wildman–Crippen MR) is 51.9 cm³/mol. The Balaban J connectivity index is 0. The molecule has 0 spiro atoms. The topological polar surface area (TPSA) is 66.8 Å². The maximum absolute atomic E-state index is 9.56. The van der Waals surface area contributed by atoms with Crippen LogP contribution in [0.4, 0.5) is 0 Å². The van der Waals surface area contributed by atoms with Crippen LogP contribution in [0.3, 0.4) is 0 Å². The van der Waals surface area contributed by atoms with Crippen LogP contribution in [0.25, 0.3) is 0 Å². The molecule has 0 aromatic heterocycles. The van der Waals surface area contributed by atoms with E-state index in [0.717, 1.165) is 6.54 Å². The molecule has 0 aliphatic carbocycles. The zero-order valence-electron chi connectivity index (χ0n) is 8.23. The average Bonchev–Trinajstić information content (AvgIpc) is 1.84. The molecule has 1 N–H and O–H groups in total. The van der Waals surface area contributed by atoms with Crippen molar-refractivity contribution in [3.8, 4) is 0 Å². The van der Waals surface area contributed by atoms with E-state index in [1.807, 2.05) is 20.2 Å². The molecule has 0 saturated heterocycles. The Hall–Kier alpha value is -0.430. The third-order valence-electron chi connectivity index (χ3n) is 0.761. The van der Waals surface area contributed by atoms with Crippen molar-refractivity contribution >= 4 is 10.4 Å². The van der Waals surface area contributed by atoms with Crippen LogP contribution in [0.1, 0.15) is 6.92 Å². The molecule has 0 saturated carbocycles. The molecule has 0 aliphatic heterocycles. The Labute approximate surface area is 80.0 Å². The highest BCUT2D eigenvalue weighted by Crippen LogP contribution is 1.81. The molecular formula is C7H17NO4S. The number of rotatable bonds is 4. The van der Waals surface area contributed by atoms with E-state index in [-0.39, 0.29) is 6.61 Å². The SMILES string of the molecule is C=CCN(C)C.CCOS(=O)(=O)O. The van der Waals surface area contributed by atoms with Gasteiger partial charge in [-0.3, -0.25) is 4.55 Å². The van der Waals surface area contributed by atoms with Gasteiger partial charge in [0.25, 0.3) is 0 Å². The summed E-state index contributed by atoms with van der Waals surface area (Å²) in [5.74, 6) is 0. The quantitative estimate of drug-likeness (QED) is 0.543. The maximum Gasteiger partial charge on any atom is 0.397 e.